The Hall–Kier alpha value is -1.11. The lowest BCUT2D eigenvalue weighted by molar-refractivity contribution is 0.0980. The van der Waals surface area contributed by atoms with Crippen LogP contribution in [0.25, 0.3) is 0 Å². The van der Waals surface area contributed by atoms with Gasteiger partial charge in [-0.05, 0) is 6.07 Å². The van der Waals surface area contributed by atoms with E-state index in [1.807, 2.05) is 0 Å². The lowest BCUT2D eigenvalue weighted by atomic mass is 10.6. The molecule has 0 radical (unpaired) electrons. The Bertz CT molecular complexity index is 790. The quantitative estimate of drug-likeness (QED) is 0.778. The minimum Gasteiger partial charge on any atom is -0.262 e. The van der Waals surface area contributed by atoms with E-state index in [0.717, 1.165) is 15.1 Å². The molecular formula is C10H14F2N4O4S2. The molecular weight excluding hydrogens is 342 g/mol. The Morgan fingerprint density at radius 3 is 2.68 bits per heavy atom. The van der Waals surface area contributed by atoms with Crippen LogP contribution in [0.4, 0.5) is 8.78 Å². The van der Waals surface area contributed by atoms with Crippen LogP contribution in [0.3, 0.4) is 0 Å². The number of hydrogen-bond acceptors (Lipinski definition) is 5. The minimum atomic E-state index is -4.01. The summed E-state index contributed by atoms with van der Waals surface area (Å²) in [4.78, 5) is 0. The molecule has 1 N–H and O–H groups in total. The molecule has 2 heterocycles. The van der Waals surface area contributed by atoms with Crippen molar-refractivity contribution in [2.24, 2.45) is 0 Å². The van der Waals surface area contributed by atoms with E-state index in [9.17, 15) is 25.6 Å². The Kier molecular flexibility index (Phi) is 3.54. The summed E-state index contributed by atoms with van der Waals surface area (Å²) in [6, 6.07) is 0.0407. The molecule has 2 fully saturated rings. The van der Waals surface area contributed by atoms with Crippen molar-refractivity contribution in [3.8, 4) is 0 Å². The molecule has 0 amide bonds. The van der Waals surface area contributed by atoms with Crippen molar-refractivity contribution in [1.82, 2.24) is 18.8 Å². The van der Waals surface area contributed by atoms with Gasteiger partial charge in [0.05, 0.1) is 5.75 Å². The number of halogens is 2. The van der Waals surface area contributed by atoms with Crippen molar-refractivity contribution in [2.45, 2.75) is 23.4 Å². The van der Waals surface area contributed by atoms with E-state index >= 15 is 0 Å². The summed E-state index contributed by atoms with van der Waals surface area (Å²) < 4.78 is 77.8. The molecule has 1 saturated heterocycles. The van der Waals surface area contributed by atoms with E-state index in [4.69, 9.17) is 0 Å². The molecule has 12 heteroatoms. The second-order valence-electron chi connectivity index (χ2n) is 5.23. The van der Waals surface area contributed by atoms with Crippen LogP contribution in [-0.4, -0.2) is 62.2 Å². The van der Waals surface area contributed by atoms with Gasteiger partial charge < -0.3 is 0 Å². The summed E-state index contributed by atoms with van der Waals surface area (Å²) in [5, 5.41) is 3.37. The van der Waals surface area contributed by atoms with Crippen LogP contribution < -0.4 is 4.72 Å². The lowest BCUT2D eigenvalue weighted by Crippen LogP contribution is -2.35. The zero-order valence-corrected chi connectivity index (χ0v) is 12.9. The number of nitrogens with one attached hydrogen (secondary N) is 1. The number of rotatable bonds is 3. The van der Waals surface area contributed by atoms with E-state index in [1.54, 1.807) is 0 Å². The lowest BCUT2D eigenvalue weighted by Gasteiger charge is -2.17. The molecule has 1 saturated carbocycles. The highest BCUT2D eigenvalue weighted by molar-refractivity contribution is 7.90. The fourth-order valence-corrected chi connectivity index (χ4v) is 4.70. The van der Waals surface area contributed by atoms with Crippen LogP contribution in [0.2, 0.25) is 0 Å². The summed E-state index contributed by atoms with van der Waals surface area (Å²) in [6.45, 7) is -0.277. The van der Waals surface area contributed by atoms with Gasteiger partial charge in [0.1, 0.15) is 6.04 Å². The predicted molar refractivity (Wildman–Crippen MR) is 71.4 cm³/mol. The topological polar surface area (TPSA) is 101 Å². The van der Waals surface area contributed by atoms with Crippen LogP contribution in [0.1, 0.15) is 12.5 Å². The van der Waals surface area contributed by atoms with Gasteiger partial charge in [0, 0.05) is 32.3 Å². The molecule has 3 rings (SSSR count). The van der Waals surface area contributed by atoms with Crippen LogP contribution in [0, 0.1) is 0 Å². The van der Waals surface area contributed by atoms with Gasteiger partial charge in [0.25, 0.3) is 15.9 Å². The van der Waals surface area contributed by atoms with Crippen LogP contribution in [0.5, 0.6) is 0 Å². The highest BCUT2D eigenvalue weighted by atomic mass is 32.2. The molecule has 1 aromatic heterocycles. The van der Waals surface area contributed by atoms with E-state index in [-0.39, 0.29) is 36.8 Å². The van der Waals surface area contributed by atoms with Crippen molar-refractivity contribution in [3.05, 3.63) is 12.3 Å². The zero-order chi connectivity index (χ0) is 16.2. The van der Waals surface area contributed by atoms with Crippen molar-refractivity contribution in [1.29, 1.82) is 0 Å². The van der Waals surface area contributed by atoms with Crippen LogP contribution in [-0.2, 0) is 20.0 Å². The third-order valence-corrected chi connectivity index (χ3v) is 6.75. The number of aromatic nitrogens is 2. The largest absolute Gasteiger partial charge is 0.272 e. The van der Waals surface area contributed by atoms with Gasteiger partial charge in [-0.15, -0.1) is 0 Å². The van der Waals surface area contributed by atoms with Gasteiger partial charge in [-0.25, -0.2) is 30.3 Å². The smallest absolute Gasteiger partial charge is 0.262 e. The van der Waals surface area contributed by atoms with Crippen molar-refractivity contribution >= 4 is 20.0 Å². The molecule has 1 unspecified atom stereocenters. The van der Waals surface area contributed by atoms with Crippen LogP contribution in [0.15, 0.2) is 17.3 Å². The summed E-state index contributed by atoms with van der Waals surface area (Å²) >= 11 is 0. The maximum atomic E-state index is 13.0. The number of nitrogens with zero attached hydrogens (tertiary/aromatic N) is 3. The number of sulfonamides is 2. The third kappa shape index (κ3) is 2.87. The van der Waals surface area contributed by atoms with Gasteiger partial charge >= 0.3 is 0 Å². The normalized spacial score (nSPS) is 28.2. The van der Waals surface area contributed by atoms with Gasteiger partial charge in [-0.3, -0.25) is 4.68 Å². The summed E-state index contributed by atoms with van der Waals surface area (Å²) in [6.07, 6.45) is 0.839. The predicted octanol–water partition coefficient (Wildman–Crippen LogP) is -0.613. The molecule has 1 aliphatic heterocycles. The van der Waals surface area contributed by atoms with E-state index < -0.39 is 32.0 Å². The van der Waals surface area contributed by atoms with Gasteiger partial charge in [-0.1, -0.05) is 0 Å². The van der Waals surface area contributed by atoms with Gasteiger partial charge in [-0.2, -0.15) is 9.40 Å². The molecule has 0 spiro atoms. The fraction of sp³-hybridized carbons (Fsp3) is 0.700. The second-order valence-corrected chi connectivity index (χ2v) is 9.04. The molecule has 22 heavy (non-hydrogen) atoms. The molecule has 8 nitrogen and oxygen atoms in total. The SMILES string of the molecule is O=S1(=O)CCN(S(=O)(=O)c2ccn(C3CC3(F)F)n2)CCN1. The summed E-state index contributed by atoms with van der Waals surface area (Å²) in [5.41, 5.74) is 0. The molecule has 0 bridgehead atoms. The molecule has 1 aliphatic carbocycles. The summed E-state index contributed by atoms with van der Waals surface area (Å²) in [5.74, 6) is -3.21. The zero-order valence-electron chi connectivity index (χ0n) is 11.3. The van der Waals surface area contributed by atoms with Crippen LogP contribution >= 0.6 is 0 Å². The average Bonchev–Trinajstić information content (AvgIpc) is 2.85. The standard InChI is InChI=1S/C10H14F2N4O4S2/c11-10(12)7-8(10)16-3-1-9(14-16)22(19,20)15-4-2-13-21(17,18)6-5-15/h1,3,8,13H,2,4-7H2. The Morgan fingerprint density at radius 2 is 2.05 bits per heavy atom. The number of hydrogen-bond donors (Lipinski definition) is 1. The third-order valence-electron chi connectivity index (χ3n) is 3.59. The minimum absolute atomic E-state index is 0.0337. The molecule has 1 atom stereocenters. The highest BCUT2D eigenvalue weighted by Gasteiger charge is 2.59. The highest BCUT2D eigenvalue weighted by Crippen LogP contribution is 2.52. The molecule has 124 valence electrons. The Balaban J connectivity index is 1.81. The number of alkyl halides is 2. The first-order valence-electron chi connectivity index (χ1n) is 6.52. The molecule has 2 aliphatic rings. The van der Waals surface area contributed by atoms with Gasteiger partial charge in [0.2, 0.25) is 10.0 Å². The van der Waals surface area contributed by atoms with Crippen molar-refractivity contribution in [3.63, 3.8) is 0 Å². The van der Waals surface area contributed by atoms with E-state index in [1.165, 1.54) is 6.20 Å². The summed E-state index contributed by atoms with van der Waals surface area (Å²) in [7, 11) is -7.49. The molecule has 1 aromatic rings. The van der Waals surface area contributed by atoms with Crippen molar-refractivity contribution < 1.29 is 25.6 Å². The van der Waals surface area contributed by atoms with Crippen molar-refractivity contribution in [2.75, 3.05) is 25.4 Å². The second kappa shape index (κ2) is 4.94. The average molecular weight is 356 g/mol. The first-order valence-corrected chi connectivity index (χ1v) is 9.61. The van der Waals surface area contributed by atoms with Gasteiger partial charge in [0.15, 0.2) is 5.03 Å². The maximum absolute atomic E-state index is 13.0. The van der Waals surface area contributed by atoms with E-state index in [0.29, 0.717) is 0 Å². The Morgan fingerprint density at radius 1 is 1.36 bits per heavy atom. The first kappa shape index (κ1) is 15.8. The first-order chi connectivity index (χ1) is 10.1. The Labute approximate surface area is 126 Å². The fourth-order valence-electron chi connectivity index (χ4n) is 2.22. The monoisotopic (exact) mass is 356 g/mol. The van der Waals surface area contributed by atoms with E-state index in [2.05, 4.69) is 9.82 Å². The maximum Gasteiger partial charge on any atom is 0.272 e. The molecule has 0 aromatic carbocycles.